The first-order valence-corrected chi connectivity index (χ1v) is 9.81. The van der Waals surface area contributed by atoms with Crippen LogP contribution >= 0.6 is 0 Å². The first kappa shape index (κ1) is 16.8. The van der Waals surface area contributed by atoms with Crippen molar-refractivity contribution in [1.29, 1.82) is 0 Å². The third-order valence-electron chi connectivity index (χ3n) is 4.84. The maximum absolute atomic E-state index is 12.9. The zero-order chi connectivity index (χ0) is 18.4. The fourth-order valence-electron chi connectivity index (χ4n) is 3.64. The minimum Gasteiger partial charge on any atom is -0.497 e. The SMILES string of the molecule is COc1ccc([C@]2(c3cccc(C)c3)NS(=O)(=O)c3ccccc32)cc1. The lowest BCUT2D eigenvalue weighted by Gasteiger charge is -2.31. The van der Waals surface area contributed by atoms with Crippen LogP contribution < -0.4 is 9.46 Å². The van der Waals surface area contributed by atoms with E-state index in [4.69, 9.17) is 4.74 Å². The number of methoxy groups -OCH3 is 1. The molecule has 1 aliphatic rings. The van der Waals surface area contributed by atoms with Crippen LogP contribution in [0.4, 0.5) is 0 Å². The summed E-state index contributed by atoms with van der Waals surface area (Å²) < 4.78 is 34.0. The third-order valence-corrected chi connectivity index (χ3v) is 6.35. The topological polar surface area (TPSA) is 55.4 Å². The molecule has 1 N–H and O–H groups in total. The molecule has 1 atom stereocenters. The first-order chi connectivity index (χ1) is 12.5. The summed E-state index contributed by atoms with van der Waals surface area (Å²) >= 11 is 0. The van der Waals surface area contributed by atoms with E-state index in [1.807, 2.05) is 67.6 Å². The minimum atomic E-state index is -3.62. The summed E-state index contributed by atoms with van der Waals surface area (Å²) in [6.45, 7) is 2.00. The number of rotatable bonds is 3. The van der Waals surface area contributed by atoms with E-state index in [0.717, 1.165) is 28.0 Å². The summed E-state index contributed by atoms with van der Waals surface area (Å²) in [4.78, 5) is 0.317. The van der Waals surface area contributed by atoms with Gasteiger partial charge in [-0.05, 0) is 36.2 Å². The molecule has 3 aromatic carbocycles. The van der Waals surface area contributed by atoms with Gasteiger partial charge in [0.2, 0.25) is 10.0 Å². The average molecular weight is 365 g/mol. The van der Waals surface area contributed by atoms with Gasteiger partial charge in [-0.3, -0.25) is 0 Å². The molecule has 132 valence electrons. The quantitative estimate of drug-likeness (QED) is 0.772. The molecule has 0 spiro atoms. The van der Waals surface area contributed by atoms with E-state index >= 15 is 0 Å². The van der Waals surface area contributed by atoms with Crippen molar-refractivity contribution in [2.24, 2.45) is 0 Å². The van der Waals surface area contributed by atoms with Gasteiger partial charge in [-0.15, -0.1) is 0 Å². The number of nitrogens with one attached hydrogen (secondary N) is 1. The fourth-order valence-corrected chi connectivity index (χ4v) is 5.26. The summed E-state index contributed by atoms with van der Waals surface area (Å²) in [6.07, 6.45) is 0. The molecule has 3 aromatic rings. The molecule has 5 heteroatoms. The van der Waals surface area contributed by atoms with Crippen molar-refractivity contribution >= 4 is 10.0 Å². The highest BCUT2D eigenvalue weighted by atomic mass is 32.2. The summed E-state index contributed by atoms with van der Waals surface area (Å²) in [6, 6.07) is 22.6. The highest BCUT2D eigenvalue weighted by Crippen LogP contribution is 2.45. The summed E-state index contributed by atoms with van der Waals surface area (Å²) in [7, 11) is -2.01. The van der Waals surface area contributed by atoms with Crippen molar-refractivity contribution < 1.29 is 13.2 Å². The van der Waals surface area contributed by atoms with Gasteiger partial charge in [0.05, 0.1) is 12.0 Å². The van der Waals surface area contributed by atoms with Gasteiger partial charge < -0.3 is 4.74 Å². The molecule has 0 aliphatic carbocycles. The van der Waals surface area contributed by atoms with Gasteiger partial charge in [-0.25, -0.2) is 8.42 Å². The maximum Gasteiger partial charge on any atom is 0.242 e. The summed E-state index contributed by atoms with van der Waals surface area (Å²) in [5, 5.41) is 0. The van der Waals surface area contributed by atoms with Crippen molar-refractivity contribution in [1.82, 2.24) is 4.72 Å². The lowest BCUT2D eigenvalue weighted by atomic mass is 9.77. The van der Waals surface area contributed by atoms with Gasteiger partial charge in [-0.2, -0.15) is 4.72 Å². The molecule has 0 fully saturated rings. The molecule has 0 amide bonds. The normalized spacial score (nSPS) is 20.5. The Morgan fingerprint density at radius 3 is 2.31 bits per heavy atom. The van der Waals surface area contributed by atoms with Crippen LogP contribution in [0.15, 0.2) is 77.7 Å². The molecular formula is C21H19NO3S. The second-order valence-corrected chi connectivity index (χ2v) is 8.10. The van der Waals surface area contributed by atoms with Gasteiger partial charge in [-0.1, -0.05) is 60.2 Å². The number of aryl methyl sites for hydroxylation is 1. The van der Waals surface area contributed by atoms with Crippen molar-refractivity contribution in [3.05, 3.63) is 95.1 Å². The highest BCUT2D eigenvalue weighted by Gasteiger charge is 2.48. The number of sulfonamides is 1. The first-order valence-electron chi connectivity index (χ1n) is 8.32. The maximum atomic E-state index is 12.9. The second kappa shape index (κ2) is 5.97. The molecule has 0 radical (unpaired) electrons. The van der Waals surface area contributed by atoms with Crippen molar-refractivity contribution in [3.63, 3.8) is 0 Å². The number of ether oxygens (including phenoxy) is 1. The largest absolute Gasteiger partial charge is 0.497 e. The molecule has 4 rings (SSSR count). The van der Waals surface area contributed by atoms with Crippen molar-refractivity contribution in [2.45, 2.75) is 17.4 Å². The van der Waals surface area contributed by atoms with Crippen LogP contribution in [-0.4, -0.2) is 15.5 Å². The zero-order valence-corrected chi connectivity index (χ0v) is 15.4. The zero-order valence-electron chi connectivity index (χ0n) is 14.6. The van der Waals surface area contributed by atoms with E-state index in [0.29, 0.717) is 4.90 Å². The molecule has 0 saturated carbocycles. The van der Waals surface area contributed by atoms with Crippen molar-refractivity contribution in [2.75, 3.05) is 7.11 Å². The van der Waals surface area contributed by atoms with Crippen LogP contribution in [0.3, 0.4) is 0 Å². The number of fused-ring (bicyclic) bond motifs is 1. The number of hydrogen-bond acceptors (Lipinski definition) is 3. The standard InChI is InChI=1S/C21H19NO3S/c1-15-6-5-7-17(14-15)21(16-10-12-18(25-2)13-11-16)19-8-3-4-9-20(19)26(23,24)22-21/h3-14,22H,1-2H3/t21-/m1/s1. The monoisotopic (exact) mass is 365 g/mol. The lowest BCUT2D eigenvalue weighted by molar-refractivity contribution is 0.414. The van der Waals surface area contributed by atoms with E-state index in [2.05, 4.69) is 4.72 Å². The van der Waals surface area contributed by atoms with Gasteiger partial charge >= 0.3 is 0 Å². The molecule has 1 aliphatic heterocycles. The Labute approximate surface area is 153 Å². The molecule has 0 saturated heterocycles. The van der Waals surface area contributed by atoms with E-state index in [9.17, 15) is 8.42 Å². The number of benzene rings is 3. The Bertz CT molecular complexity index is 1070. The van der Waals surface area contributed by atoms with Crippen LogP contribution in [0.1, 0.15) is 22.3 Å². The smallest absolute Gasteiger partial charge is 0.242 e. The third kappa shape index (κ3) is 2.43. The Hall–Kier alpha value is -2.63. The molecule has 0 aromatic heterocycles. The predicted octanol–water partition coefficient (Wildman–Crippen LogP) is 3.59. The van der Waals surface area contributed by atoms with E-state index in [1.165, 1.54) is 0 Å². The Morgan fingerprint density at radius 1 is 0.885 bits per heavy atom. The summed E-state index contributed by atoms with van der Waals surface area (Å²) in [5.74, 6) is 0.724. The lowest BCUT2D eigenvalue weighted by Crippen LogP contribution is -2.41. The minimum absolute atomic E-state index is 0.317. The molecule has 1 heterocycles. The number of hydrogen-bond donors (Lipinski definition) is 1. The summed E-state index contributed by atoms with van der Waals surface area (Å²) in [5.41, 5.74) is 2.57. The second-order valence-electron chi connectivity index (χ2n) is 6.45. The van der Waals surface area contributed by atoms with E-state index < -0.39 is 15.6 Å². The Balaban J connectivity index is 2.06. The van der Waals surface area contributed by atoms with Gasteiger partial charge in [0.25, 0.3) is 0 Å². The molecular weight excluding hydrogens is 346 g/mol. The Morgan fingerprint density at radius 2 is 1.62 bits per heavy atom. The molecule has 0 unspecified atom stereocenters. The van der Waals surface area contributed by atoms with Gasteiger partial charge in [0, 0.05) is 5.56 Å². The van der Waals surface area contributed by atoms with Gasteiger partial charge in [0.1, 0.15) is 11.3 Å². The van der Waals surface area contributed by atoms with Crippen LogP contribution in [0.2, 0.25) is 0 Å². The molecule has 26 heavy (non-hydrogen) atoms. The average Bonchev–Trinajstić information content (AvgIpc) is 2.91. The van der Waals surface area contributed by atoms with Crippen LogP contribution in [0, 0.1) is 6.92 Å². The van der Waals surface area contributed by atoms with Crippen LogP contribution in [-0.2, 0) is 15.6 Å². The van der Waals surface area contributed by atoms with E-state index in [-0.39, 0.29) is 0 Å². The Kier molecular flexibility index (Phi) is 3.86. The predicted molar refractivity (Wildman–Crippen MR) is 101 cm³/mol. The molecule has 4 nitrogen and oxygen atoms in total. The van der Waals surface area contributed by atoms with Crippen LogP contribution in [0.25, 0.3) is 0 Å². The van der Waals surface area contributed by atoms with E-state index in [1.54, 1.807) is 19.2 Å². The van der Waals surface area contributed by atoms with Crippen LogP contribution in [0.5, 0.6) is 5.75 Å². The fraction of sp³-hybridized carbons (Fsp3) is 0.143. The highest BCUT2D eigenvalue weighted by molar-refractivity contribution is 7.90. The van der Waals surface area contributed by atoms with Crippen molar-refractivity contribution in [3.8, 4) is 5.75 Å². The molecule has 0 bridgehead atoms. The van der Waals surface area contributed by atoms with Gasteiger partial charge in [0.15, 0.2) is 0 Å².